The zero-order valence-electron chi connectivity index (χ0n) is 27.8. The molecule has 8 rings (SSSR count). The lowest BCUT2D eigenvalue weighted by Crippen LogP contribution is -2.53. The van der Waals surface area contributed by atoms with E-state index in [0.717, 1.165) is 0 Å². The maximum atomic E-state index is 15.3. The van der Waals surface area contributed by atoms with E-state index in [1.807, 2.05) is 36.4 Å². The Morgan fingerprint density at radius 3 is 2.25 bits per heavy atom. The Morgan fingerprint density at radius 2 is 1.57 bits per heavy atom. The van der Waals surface area contributed by atoms with Crippen molar-refractivity contribution >= 4 is 52.4 Å². The van der Waals surface area contributed by atoms with Crippen LogP contribution >= 0.6 is 11.6 Å². The predicted molar refractivity (Wildman–Crippen MR) is 190 cm³/mol. The molecule has 0 aromatic heterocycles. The number of Topliss-reactive ketones (excluding diaryl/α,β-unsaturated/α-hetero) is 1. The Morgan fingerprint density at radius 1 is 0.824 bits per heavy atom. The molecule has 4 aliphatic rings. The number of carbonyl (C=O) groups excluding carboxylic acids is 5. The molecule has 3 fully saturated rings. The molecule has 4 aromatic rings. The second kappa shape index (κ2) is 12.1. The smallest absolute Gasteiger partial charge is 0.246 e. The highest BCUT2D eigenvalue weighted by Crippen LogP contribution is 2.65. The van der Waals surface area contributed by atoms with E-state index >= 15 is 4.79 Å². The van der Waals surface area contributed by atoms with Crippen LogP contribution < -0.4 is 14.5 Å². The minimum atomic E-state index is -1.53. The van der Waals surface area contributed by atoms with E-state index in [-0.39, 0.29) is 30.3 Å². The summed E-state index contributed by atoms with van der Waals surface area (Å²) in [5, 5.41) is 11.9. The number of hydrogen-bond acceptors (Lipinski definition) is 7. The first-order valence-corrected chi connectivity index (χ1v) is 17.2. The molecular formula is C41H33ClN2O7. The van der Waals surface area contributed by atoms with Crippen LogP contribution in [0.3, 0.4) is 0 Å². The number of fused-ring (bicyclic) bond motifs is 4. The lowest BCUT2D eigenvalue weighted by atomic mass is 9.49. The lowest BCUT2D eigenvalue weighted by molar-refractivity contribution is -0.127. The molecule has 10 heteroatoms. The fourth-order valence-corrected chi connectivity index (χ4v) is 9.26. The zero-order valence-corrected chi connectivity index (χ0v) is 28.5. The van der Waals surface area contributed by atoms with Gasteiger partial charge in [-0.25, -0.2) is 4.90 Å². The number of phenolic OH excluding ortho intramolecular Hbond substituents is 1. The monoisotopic (exact) mass is 700 g/mol. The third-order valence-electron chi connectivity index (χ3n) is 11.2. The van der Waals surface area contributed by atoms with Crippen molar-refractivity contribution in [2.45, 2.75) is 31.1 Å². The maximum Gasteiger partial charge on any atom is 0.246 e. The van der Waals surface area contributed by atoms with E-state index in [2.05, 4.69) is 0 Å². The minimum Gasteiger partial charge on any atom is -0.508 e. The molecule has 1 N–H and O–H groups in total. The Kier molecular flexibility index (Phi) is 7.72. The molecule has 2 aliphatic heterocycles. The average molecular weight is 701 g/mol. The molecule has 2 heterocycles. The number of hydrogen-bond donors (Lipinski definition) is 1. The minimum absolute atomic E-state index is 0.0963. The van der Waals surface area contributed by atoms with Crippen molar-refractivity contribution in [3.63, 3.8) is 0 Å². The van der Waals surface area contributed by atoms with Gasteiger partial charge < -0.3 is 9.84 Å². The van der Waals surface area contributed by atoms with Gasteiger partial charge in [0.15, 0.2) is 5.78 Å². The molecule has 51 heavy (non-hydrogen) atoms. The summed E-state index contributed by atoms with van der Waals surface area (Å²) >= 11 is 6.38. The van der Waals surface area contributed by atoms with Crippen molar-refractivity contribution in [3.8, 4) is 11.5 Å². The molecule has 4 aromatic carbocycles. The van der Waals surface area contributed by atoms with E-state index < -0.39 is 52.7 Å². The summed E-state index contributed by atoms with van der Waals surface area (Å²) in [6.07, 6.45) is 2.27. The number of benzene rings is 4. The summed E-state index contributed by atoms with van der Waals surface area (Å²) in [5.74, 6) is -5.49. The van der Waals surface area contributed by atoms with Gasteiger partial charge in [-0.3, -0.25) is 28.9 Å². The van der Waals surface area contributed by atoms with Gasteiger partial charge in [-0.15, -0.1) is 0 Å². The number of anilines is 2. The molecule has 0 spiro atoms. The van der Waals surface area contributed by atoms with Crippen molar-refractivity contribution in [2.24, 2.45) is 23.7 Å². The number of imide groups is 2. The van der Waals surface area contributed by atoms with Gasteiger partial charge in [0, 0.05) is 22.1 Å². The number of ether oxygens (including phenoxy) is 1. The van der Waals surface area contributed by atoms with Crippen LogP contribution in [0.15, 0.2) is 109 Å². The van der Waals surface area contributed by atoms with Crippen LogP contribution in [0.4, 0.5) is 11.4 Å². The molecule has 0 bridgehead atoms. The van der Waals surface area contributed by atoms with Crippen LogP contribution in [0.25, 0.3) is 0 Å². The first-order valence-electron chi connectivity index (χ1n) is 16.8. The first kappa shape index (κ1) is 32.7. The summed E-state index contributed by atoms with van der Waals surface area (Å²) in [4.78, 5) is 73.1. The number of allylic oxidation sites excluding steroid dienone is 2. The number of rotatable bonds is 6. The van der Waals surface area contributed by atoms with Crippen LogP contribution in [0, 0.1) is 23.7 Å². The van der Waals surface area contributed by atoms with Crippen molar-refractivity contribution in [1.82, 2.24) is 0 Å². The van der Waals surface area contributed by atoms with Gasteiger partial charge in [0.2, 0.25) is 23.6 Å². The number of carbonyl (C=O) groups is 5. The highest BCUT2D eigenvalue weighted by atomic mass is 35.5. The Hall–Kier alpha value is -5.54. The van der Waals surface area contributed by atoms with Gasteiger partial charge in [0.25, 0.3) is 0 Å². The molecule has 6 atom stereocenters. The Balaban J connectivity index is 1.34. The van der Waals surface area contributed by atoms with Crippen LogP contribution in [0.2, 0.25) is 5.02 Å². The van der Waals surface area contributed by atoms with Crippen molar-refractivity contribution < 1.29 is 33.8 Å². The van der Waals surface area contributed by atoms with Gasteiger partial charge >= 0.3 is 0 Å². The number of ketones is 1. The summed E-state index contributed by atoms with van der Waals surface area (Å²) in [6.45, 7) is 1.45. The van der Waals surface area contributed by atoms with Crippen LogP contribution in [-0.4, -0.2) is 41.6 Å². The topological polar surface area (TPSA) is 121 Å². The molecule has 0 unspecified atom stereocenters. The van der Waals surface area contributed by atoms with Gasteiger partial charge in [-0.2, -0.15) is 0 Å². The normalized spacial score (nSPS) is 26.8. The Bertz CT molecular complexity index is 2180. The second-order valence-electron chi connectivity index (χ2n) is 13.6. The molecule has 9 nitrogen and oxygen atoms in total. The molecule has 4 amide bonds. The van der Waals surface area contributed by atoms with Crippen LogP contribution in [-0.2, 0) is 24.6 Å². The van der Waals surface area contributed by atoms with Crippen molar-refractivity contribution in [2.75, 3.05) is 16.9 Å². The SMILES string of the molecule is COc1ccc(O)c([C@H]2C3=CC[C@@H]4C(=O)N(c5ccc(C(C)=O)cc5)C(=O)[C@@H]4[C@@H]3C[C@H]3C(=O)N(c4cccc(Cl)c4)C(=O)[C@@]23c2ccccc2)c1. The highest BCUT2D eigenvalue weighted by Gasteiger charge is 2.70. The second-order valence-corrected chi connectivity index (χ2v) is 14.1. The molecule has 0 radical (unpaired) electrons. The van der Waals surface area contributed by atoms with Crippen LogP contribution in [0.5, 0.6) is 11.5 Å². The first-order chi connectivity index (χ1) is 24.6. The summed E-state index contributed by atoms with van der Waals surface area (Å²) in [7, 11) is 1.51. The molecule has 256 valence electrons. The summed E-state index contributed by atoms with van der Waals surface area (Å²) < 4.78 is 5.59. The predicted octanol–water partition coefficient (Wildman–Crippen LogP) is 6.62. The number of nitrogens with zero attached hydrogens (tertiary/aromatic N) is 2. The zero-order chi connectivity index (χ0) is 35.8. The third-order valence-corrected chi connectivity index (χ3v) is 11.5. The van der Waals surface area contributed by atoms with E-state index in [0.29, 0.717) is 44.4 Å². The molecule has 2 saturated heterocycles. The molecule has 1 saturated carbocycles. The number of amides is 4. The highest BCUT2D eigenvalue weighted by molar-refractivity contribution is 6.32. The van der Waals surface area contributed by atoms with E-state index in [4.69, 9.17) is 16.3 Å². The maximum absolute atomic E-state index is 15.3. The number of methoxy groups -OCH3 is 1. The number of halogens is 1. The largest absolute Gasteiger partial charge is 0.508 e. The van der Waals surface area contributed by atoms with E-state index in [9.17, 15) is 24.3 Å². The van der Waals surface area contributed by atoms with Gasteiger partial charge in [0.1, 0.15) is 11.5 Å². The lowest BCUT2D eigenvalue weighted by Gasteiger charge is -2.50. The number of aromatic hydroxyl groups is 1. The average Bonchev–Trinajstić information content (AvgIpc) is 3.53. The summed E-state index contributed by atoms with van der Waals surface area (Å²) in [6, 6.07) is 26.9. The van der Waals surface area contributed by atoms with Crippen molar-refractivity contribution in [1.29, 1.82) is 0 Å². The third kappa shape index (κ3) is 4.71. The molecule has 2 aliphatic carbocycles. The standard InChI is InChI=1S/C41H33ClN2O7/c1-22(45)23-11-13-26(14-12-23)43-37(47)30-17-16-29-31(35(30)39(43)49)21-33-38(48)44(27-10-6-9-25(42)19-27)40(50)41(33,24-7-4-3-5-8-24)36(29)32-20-28(51-2)15-18-34(32)46/h3-16,18-20,30-31,33,35-36,46H,17,21H2,1-2H3/t30-,31+,33-,35-,36+,41+/m0/s1. The van der Waals surface area contributed by atoms with E-state index in [1.54, 1.807) is 60.7 Å². The quantitative estimate of drug-likeness (QED) is 0.136. The van der Waals surface area contributed by atoms with Crippen molar-refractivity contribution in [3.05, 3.63) is 130 Å². The van der Waals surface area contributed by atoms with Gasteiger partial charge in [0.05, 0.1) is 41.7 Å². The number of phenols is 1. The Labute approximate surface area is 299 Å². The van der Waals surface area contributed by atoms with Gasteiger partial charge in [-0.05, 0) is 91.9 Å². The summed E-state index contributed by atoms with van der Waals surface area (Å²) in [5.41, 5.74) is 1.28. The fraction of sp³-hybridized carbons (Fsp3) is 0.244. The van der Waals surface area contributed by atoms with Crippen LogP contribution in [0.1, 0.15) is 47.2 Å². The fourth-order valence-electron chi connectivity index (χ4n) is 9.08. The molecular weight excluding hydrogens is 668 g/mol. The van der Waals surface area contributed by atoms with E-state index in [1.165, 1.54) is 29.9 Å². The van der Waals surface area contributed by atoms with Gasteiger partial charge in [-0.1, -0.05) is 59.6 Å².